The lowest BCUT2D eigenvalue weighted by atomic mass is 10.0. The van der Waals surface area contributed by atoms with Gasteiger partial charge in [0.15, 0.2) is 0 Å². The number of hydrogen-bond acceptors (Lipinski definition) is 5. The van der Waals surface area contributed by atoms with E-state index >= 15 is 0 Å². The molecule has 5 nitrogen and oxygen atoms in total. The smallest absolute Gasteiger partial charge is 0.226 e. The standard InChI is InChI=1S/C13H22N4OS.ClH/c1-2-3-4-12-16-17-13(19-12)15-11(18)6-5-10-7-8-14-9-10;/h10,14H,2-9H2,1H3,(H,15,17,18);1H. The minimum Gasteiger partial charge on any atom is -0.316 e. The molecule has 1 aliphatic heterocycles. The molecule has 2 heterocycles. The van der Waals surface area contributed by atoms with Gasteiger partial charge in [-0.2, -0.15) is 0 Å². The fourth-order valence-electron chi connectivity index (χ4n) is 2.21. The summed E-state index contributed by atoms with van der Waals surface area (Å²) in [6.45, 7) is 4.29. The quantitative estimate of drug-likeness (QED) is 0.811. The second kappa shape index (κ2) is 9.26. The summed E-state index contributed by atoms with van der Waals surface area (Å²) in [5.74, 6) is 0.713. The van der Waals surface area contributed by atoms with Crippen LogP contribution in [0.5, 0.6) is 0 Å². The zero-order valence-corrected chi connectivity index (χ0v) is 13.5. The van der Waals surface area contributed by atoms with E-state index in [1.165, 1.54) is 17.8 Å². The predicted octanol–water partition coefficient (Wildman–Crippen LogP) is 2.63. The molecule has 0 bridgehead atoms. The molecule has 1 aromatic heterocycles. The van der Waals surface area contributed by atoms with Gasteiger partial charge in [-0.3, -0.25) is 4.79 Å². The van der Waals surface area contributed by atoms with Gasteiger partial charge in [-0.05, 0) is 38.3 Å². The van der Waals surface area contributed by atoms with E-state index in [2.05, 4.69) is 27.8 Å². The Morgan fingerprint density at radius 3 is 3.05 bits per heavy atom. The number of carbonyl (C=O) groups is 1. The third-order valence-corrected chi connectivity index (χ3v) is 4.30. The average molecular weight is 319 g/mol. The third kappa shape index (κ3) is 5.73. The number of nitrogens with zero attached hydrogens (tertiary/aromatic N) is 2. The van der Waals surface area contributed by atoms with E-state index in [9.17, 15) is 4.79 Å². The molecule has 1 fully saturated rings. The molecule has 1 unspecified atom stereocenters. The van der Waals surface area contributed by atoms with E-state index in [0.717, 1.165) is 43.8 Å². The lowest BCUT2D eigenvalue weighted by molar-refractivity contribution is -0.116. The maximum absolute atomic E-state index is 11.8. The van der Waals surface area contributed by atoms with E-state index in [1.807, 2.05) is 0 Å². The van der Waals surface area contributed by atoms with Crippen molar-refractivity contribution in [3.8, 4) is 0 Å². The Kier molecular flexibility index (Phi) is 8.02. The van der Waals surface area contributed by atoms with Gasteiger partial charge in [0, 0.05) is 12.8 Å². The minimum absolute atomic E-state index is 0. The van der Waals surface area contributed by atoms with Crippen LogP contribution in [0.15, 0.2) is 0 Å². The second-order valence-corrected chi connectivity index (χ2v) is 6.11. The number of nitrogens with one attached hydrogen (secondary N) is 2. The van der Waals surface area contributed by atoms with Gasteiger partial charge >= 0.3 is 0 Å². The summed E-state index contributed by atoms with van der Waals surface area (Å²) in [4.78, 5) is 11.8. The van der Waals surface area contributed by atoms with Crippen molar-refractivity contribution in [2.75, 3.05) is 18.4 Å². The fourth-order valence-corrected chi connectivity index (χ4v) is 3.01. The molecule has 1 amide bonds. The van der Waals surface area contributed by atoms with Gasteiger partial charge in [0.25, 0.3) is 0 Å². The Morgan fingerprint density at radius 1 is 1.50 bits per heavy atom. The van der Waals surface area contributed by atoms with E-state index in [-0.39, 0.29) is 18.3 Å². The van der Waals surface area contributed by atoms with Crippen molar-refractivity contribution in [1.82, 2.24) is 15.5 Å². The number of rotatable bonds is 7. The molecule has 2 rings (SSSR count). The van der Waals surface area contributed by atoms with E-state index in [1.54, 1.807) is 0 Å². The van der Waals surface area contributed by atoms with Crippen LogP contribution in [0, 0.1) is 5.92 Å². The lowest BCUT2D eigenvalue weighted by Crippen LogP contribution is -2.14. The first-order valence-electron chi connectivity index (χ1n) is 7.11. The number of anilines is 1. The molecule has 1 atom stereocenters. The molecule has 1 saturated heterocycles. The molecule has 2 N–H and O–H groups in total. The van der Waals surface area contributed by atoms with Crippen LogP contribution < -0.4 is 10.6 Å². The molecular weight excluding hydrogens is 296 g/mol. The Hall–Kier alpha value is -0.720. The van der Waals surface area contributed by atoms with E-state index in [4.69, 9.17) is 0 Å². The van der Waals surface area contributed by atoms with Gasteiger partial charge in [-0.15, -0.1) is 22.6 Å². The summed E-state index contributed by atoms with van der Waals surface area (Å²) in [6, 6.07) is 0. The number of aromatic nitrogens is 2. The van der Waals surface area contributed by atoms with Crippen LogP contribution >= 0.6 is 23.7 Å². The molecule has 0 spiro atoms. The first-order chi connectivity index (χ1) is 9.28. The normalized spacial score (nSPS) is 17.8. The highest BCUT2D eigenvalue weighted by atomic mass is 35.5. The van der Waals surface area contributed by atoms with E-state index < -0.39 is 0 Å². The van der Waals surface area contributed by atoms with Crippen molar-refractivity contribution in [2.24, 2.45) is 5.92 Å². The summed E-state index contributed by atoms with van der Waals surface area (Å²) < 4.78 is 0. The number of hydrogen-bond donors (Lipinski definition) is 2. The fraction of sp³-hybridized carbons (Fsp3) is 0.769. The molecule has 114 valence electrons. The van der Waals surface area contributed by atoms with Gasteiger partial charge in [-0.1, -0.05) is 24.7 Å². The maximum atomic E-state index is 11.8. The van der Waals surface area contributed by atoms with Crippen molar-refractivity contribution >= 4 is 34.8 Å². The van der Waals surface area contributed by atoms with Crippen LogP contribution in [-0.2, 0) is 11.2 Å². The van der Waals surface area contributed by atoms with Crippen molar-refractivity contribution < 1.29 is 4.79 Å². The Morgan fingerprint density at radius 2 is 2.35 bits per heavy atom. The van der Waals surface area contributed by atoms with Crippen molar-refractivity contribution in [3.63, 3.8) is 0 Å². The largest absolute Gasteiger partial charge is 0.316 e. The van der Waals surface area contributed by atoms with Crippen molar-refractivity contribution in [1.29, 1.82) is 0 Å². The van der Waals surface area contributed by atoms with Crippen LogP contribution in [0.3, 0.4) is 0 Å². The zero-order chi connectivity index (χ0) is 13.5. The van der Waals surface area contributed by atoms with Gasteiger partial charge in [0.05, 0.1) is 0 Å². The zero-order valence-electron chi connectivity index (χ0n) is 11.9. The summed E-state index contributed by atoms with van der Waals surface area (Å²) in [5.41, 5.74) is 0. The molecule has 7 heteroatoms. The van der Waals surface area contributed by atoms with E-state index in [0.29, 0.717) is 17.5 Å². The summed E-state index contributed by atoms with van der Waals surface area (Å²) in [7, 11) is 0. The number of carbonyl (C=O) groups excluding carboxylic acids is 1. The highest BCUT2D eigenvalue weighted by molar-refractivity contribution is 7.15. The summed E-state index contributed by atoms with van der Waals surface area (Å²) in [6.07, 6.45) is 5.95. The van der Waals surface area contributed by atoms with Gasteiger partial charge < -0.3 is 10.6 Å². The average Bonchev–Trinajstić information content (AvgIpc) is 3.05. The number of halogens is 1. The predicted molar refractivity (Wildman–Crippen MR) is 84.6 cm³/mol. The maximum Gasteiger partial charge on any atom is 0.226 e. The van der Waals surface area contributed by atoms with Crippen LogP contribution in [0.1, 0.15) is 44.0 Å². The molecule has 0 aliphatic carbocycles. The van der Waals surface area contributed by atoms with Crippen LogP contribution in [-0.4, -0.2) is 29.2 Å². The number of unbranched alkanes of at least 4 members (excludes halogenated alkanes) is 1. The molecule has 0 radical (unpaired) electrons. The third-order valence-electron chi connectivity index (χ3n) is 3.40. The molecule has 20 heavy (non-hydrogen) atoms. The Labute approximate surface area is 130 Å². The molecule has 0 aromatic carbocycles. The van der Waals surface area contributed by atoms with Gasteiger partial charge in [-0.25, -0.2) is 0 Å². The lowest BCUT2D eigenvalue weighted by Gasteiger charge is -2.06. The second-order valence-electron chi connectivity index (χ2n) is 5.05. The highest BCUT2D eigenvalue weighted by Gasteiger charge is 2.16. The highest BCUT2D eigenvalue weighted by Crippen LogP contribution is 2.19. The number of aryl methyl sites for hydroxylation is 1. The van der Waals surface area contributed by atoms with Crippen molar-refractivity contribution in [2.45, 2.75) is 45.4 Å². The van der Waals surface area contributed by atoms with Gasteiger partial charge in [0.2, 0.25) is 11.0 Å². The molecular formula is C13H23ClN4OS. The number of amides is 1. The molecule has 0 saturated carbocycles. The molecule has 1 aromatic rings. The Bertz CT molecular complexity index is 407. The topological polar surface area (TPSA) is 66.9 Å². The Balaban J connectivity index is 0.00000200. The first-order valence-corrected chi connectivity index (χ1v) is 7.92. The van der Waals surface area contributed by atoms with Crippen LogP contribution in [0.25, 0.3) is 0 Å². The summed E-state index contributed by atoms with van der Waals surface area (Å²) >= 11 is 1.49. The monoisotopic (exact) mass is 318 g/mol. The SMILES string of the molecule is CCCCc1nnc(NC(=O)CCC2CCNC2)s1.Cl. The van der Waals surface area contributed by atoms with Crippen LogP contribution in [0.2, 0.25) is 0 Å². The summed E-state index contributed by atoms with van der Waals surface area (Å²) in [5, 5.41) is 15.9. The van der Waals surface area contributed by atoms with Crippen molar-refractivity contribution in [3.05, 3.63) is 5.01 Å². The minimum atomic E-state index is 0. The first kappa shape index (κ1) is 17.3. The molecule has 1 aliphatic rings. The van der Waals surface area contributed by atoms with Crippen LogP contribution in [0.4, 0.5) is 5.13 Å². The van der Waals surface area contributed by atoms with Gasteiger partial charge in [0.1, 0.15) is 5.01 Å².